The van der Waals surface area contributed by atoms with Crippen molar-refractivity contribution in [3.63, 3.8) is 0 Å². The molecule has 0 unspecified atom stereocenters. The third-order valence-corrected chi connectivity index (χ3v) is 6.52. The molecule has 130 valence electrons. The van der Waals surface area contributed by atoms with Crippen molar-refractivity contribution in [2.75, 3.05) is 13.1 Å². The van der Waals surface area contributed by atoms with Crippen LogP contribution in [0.4, 0.5) is 4.39 Å². The topological polar surface area (TPSA) is 63.4 Å². The number of nitrogens with zero attached hydrogens (tertiary/aromatic N) is 1. The van der Waals surface area contributed by atoms with Crippen LogP contribution >= 0.6 is 28.3 Å². The molecular weight excluding hydrogens is 419 g/mol. The Kier molecular flexibility index (Phi) is 6.04. The molecule has 0 radical (unpaired) electrons. The number of nitrogens with two attached hydrogens (primary N) is 1. The minimum atomic E-state index is -3.70. The molecule has 1 saturated heterocycles. The normalized spacial score (nSPS) is 21.5. The minimum absolute atomic E-state index is 0. The zero-order valence-electron chi connectivity index (χ0n) is 12.6. The summed E-state index contributed by atoms with van der Waals surface area (Å²) in [6.45, 7) is 0.569. The third-order valence-electron chi connectivity index (χ3n) is 4.09. The van der Waals surface area contributed by atoms with Gasteiger partial charge in [-0.1, -0.05) is 30.3 Å². The van der Waals surface area contributed by atoms with E-state index in [-0.39, 0.29) is 40.3 Å². The summed E-state index contributed by atoms with van der Waals surface area (Å²) in [5.74, 6) is -0.543. The molecule has 8 heteroatoms. The molecule has 2 N–H and O–H groups in total. The van der Waals surface area contributed by atoms with Gasteiger partial charge in [-0.2, -0.15) is 4.31 Å². The summed E-state index contributed by atoms with van der Waals surface area (Å²) in [6, 6.07) is 13.1. The zero-order chi connectivity index (χ0) is 16.6. The van der Waals surface area contributed by atoms with E-state index < -0.39 is 15.8 Å². The maximum atomic E-state index is 13.3. The predicted molar refractivity (Wildman–Crippen MR) is 97.3 cm³/mol. The van der Waals surface area contributed by atoms with Gasteiger partial charge in [0.2, 0.25) is 10.0 Å². The Bertz CT molecular complexity index is 820. The van der Waals surface area contributed by atoms with Gasteiger partial charge in [-0.3, -0.25) is 0 Å². The maximum absolute atomic E-state index is 13.3. The fourth-order valence-electron chi connectivity index (χ4n) is 2.83. The fraction of sp³-hybridized carbons (Fsp3) is 0.250. The summed E-state index contributed by atoms with van der Waals surface area (Å²) in [7, 11) is -3.70. The van der Waals surface area contributed by atoms with Crippen LogP contribution < -0.4 is 5.73 Å². The van der Waals surface area contributed by atoms with Crippen molar-refractivity contribution in [2.45, 2.75) is 16.9 Å². The quantitative estimate of drug-likeness (QED) is 0.806. The van der Waals surface area contributed by atoms with Crippen LogP contribution in [0.15, 0.2) is 57.9 Å². The minimum Gasteiger partial charge on any atom is -0.326 e. The molecule has 2 aromatic carbocycles. The highest BCUT2D eigenvalue weighted by molar-refractivity contribution is 9.10. The van der Waals surface area contributed by atoms with E-state index in [4.69, 9.17) is 5.73 Å². The molecule has 1 heterocycles. The molecule has 24 heavy (non-hydrogen) atoms. The van der Waals surface area contributed by atoms with Gasteiger partial charge in [0, 0.05) is 25.0 Å². The van der Waals surface area contributed by atoms with Crippen molar-refractivity contribution < 1.29 is 12.8 Å². The standard InChI is InChI=1S/C16H16BrFN2O2S.ClH/c17-14-8-12(6-7-15(14)18)23(21,22)20-9-13(16(19)10-20)11-4-2-1-3-5-11;/h1-8,13,16H,9-10,19H2;1H/t13-,16+;/m0./s1. The van der Waals surface area contributed by atoms with Gasteiger partial charge < -0.3 is 5.73 Å². The van der Waals surface area contributed by atoms with Gasteiger partial charge in [0.05, 0.1) is 9.37 Å². The van der Waals surface area contributed by atoms with E-state index in [2.05, 4.69) is 15.9 Å². The molecule has 0 aliphatic carbocycles. The Labute approximate surface area is 155 Å². The molecule has 0 bridgehead atoms. The lowest BCUT2D eigenvalue weighted by atomic mass is 9.95. The van der Waals surface area contributed by atoms with Crippen LogP contribution in [0.2, 0.25) is 0 Å². The van der Waals surface area contributed by atoms with Crippen molar-refractivity contribution in [1.29, 1.82) is 0 Å². The molecule has 2 atom stereocenters. The van der Waals surface area contributed by atoms with Gasteiger partial charge in [-0.25, -0.2) is 12.8 Å². The van der Waals surface area contributed by atoms with Crippen molar-refractivity contribution in [3.05, 3.63) is 64.4 Å². The fourth-order valence-corrected chi connectivity index (χ4v) is 4.89. The van der Waals surface area contributed by atoms with Gasteiger partial charge in [0.15, 0.2) is 0 Å². The Balaban J connectivity index is 0.00000208. The van der Waals surface area contributed by atoms with Gasteiger partial charge in [0.25, 0.3) is 0 Å². The Morgan fingerprint density at radius 1 is 1.12 bits per heavy atom. The van der Waals surface area contributed by atoms with E-state index in [0.717, 1.165) is 11.6 Å². The molecule has 4 nitrogen and oxygen atoms in total. The summed E-state index contributed by atoms with van der Waals surface area (Å²) >= 11 is 3.02. The summed E-state index contributed by atoms with van der Waals surface area (Å²) in [4.78, 5) is 0.0617. The maximum Gasteiger partial charge on any atom is 0.243 e. The first-order chi connectivity index (χ1) is 10.9. The highest BCUT2D eigenvalue weighted by Gasteiger charge is 2.38. The van der Waals surface area contributed by atoms with E-state index in [1.807, 2.05) is 30.3 Å². The number of rotatable bonds is 3. The summed E-state index contributed by atoms with van der Waals surface area (Å²) in [6.07, 6.45) is 0. The van der Waals surface area contributed by atoms with Crippen LogP contribution in [-0.4, -0.2) is 31.9 Å². The lowest BCUT2D eigenvalue weighted by Gasteiger charge is -2.17. The first kappa shape index (κ1) is 19.3. The zero-order valence-corrected chi connectivity index (χ0v) is 15.8. The first-order valence-electron chi connectivity index (χ1n) is 7.15. The average Bonchev–Trinajstić information content (AvgIpc) is 2.93. The van der Waals surface area contributed by atoms with Crippen LogP contribution in [0.5, 0.6) is 0 Å². The molecule has 2 aromatic rings. The monoisotopic (exact) mass is 434 g/mol. The molecule has 0 saturated carbocycles. The second kappa shape index (κ2) is 7.49. The van der Waals surface area contributed by atoms with Crippen molar-refractivity contribution in [1.82, 2.24) is 4.31 Å². The molecule has 3 rings (SSSR count). The molecular formula is C16H17BrClFN2O2S. The Morgan fingerprint density at radius 3 is 2.42 bits per heavy atom. The number of sulfonamides is 1. The van der Waals surface area contributed by atoms with E-state index in [9.17, 15) is 12.8 Å². The lowest BCUT2D eigenvalue weighted by molar-refractivity contribution is 0.470. The van der Waals surface area contributed by atoms with Gasteiger partial charge in [0.1, 0.15) is 5.82 Å². The van der Waals surface area contributed by atoms with Crippen molar-refractivity contribution in [3.8, 4) is 0 Å². The molecule has 1 aliphatic rings. The van der Waals surface area contributed by atoms with E-state index in [0.29, 0.717) is 6.54 Å². The highest BCUT2D eigenvalue weighted by Crippen LogP contribution is 2.31. The number of halogens is 3. The molecule has 1 fully saturated rings. The second-order valence-corrected chi connectivity index (χ2v) is 8.37. The van der Waals surface area contributed by atoms with Gasteiger partial charge >= 0.3 is 0 Å². The largest absolute Gasteiger partial charge is 0.326 e. The number of hydrogen-bond donors (Lipinski definition) is 1. The number of benzene rings is 2. The molecule has 0 aromatic heterocycles. The van der Waals surface area contributed by atoms with Crippen molar-refractivity contribution >= 4 is 38.4 Å². The molecule has 0 spiro atoms. The molecule has 1 aliphatic heterocycles. The van der Waals surface area contributed by atoms with Crippen LogP contribution in [0.25, 0.3) is 0 Å². The van der Waals surface area contributed by atoms with Crippen LogP contribution in [0, 0.1) is 5.82 Å². The summed E-state index contributed by atoms with van der Waals surface area (Å²) in [5, 5.41) is 0. The van der Waals surface area contributed by atoms with Crippen LogP contribution in [-0.2, 0) is 10.0 Å². The Hall–Kier alpha value is -0.990. The van der Waals surface area contributed by atoms with Gasteiger partial charge in [-0.15, -0.1) is 12.4 Å². The van der Waals surface area contributed by atoms with Gasteiger partial charge in [-0.05, 0) is 39.7 Å². The summed E-state index contributed by atoms with van der Waals surface area (Å²) < 4.78 is 40.3. The van der Waals surface area contributed by atoms with E-state index >= 15 is 0 Å². The average molecular weight is 436 g/mol. The first-order valence-corrected chi connectivity index (χ1v) is 9.38. The Morgan fingerprint density at radius 2 is 1.79 bits per heavy atom. The number of hydrogen-bond acceptors (Lipinski definition) is 3. The predicted octanol–water partition coefficient (Wildman–Crippen LogP) is 3.13. The van der Waals surface area contributed by atoms with E-state index in [1.54, 1.807) is 0 Å². The SMILES string of the molecule is Cl.N[C@@H]1CN(S(=O)(=O)c2ccc(F)c(Br)c2)C[C@H]1c1ccccc1. The van der Waals surface area contributed by atoms with Crippen LogP contribution in [0.1, 0.15) is 11.5 Å². The smallest absolute Gasteiger partial charge is 0.243 e. The van der Waals surface area contributed by atoms with Crippen LogP contribution in [0.3, 0.4) is 0 Å². The summed E-state index contributed by atoms with van der Waals surface area (Å²) in [5.41, 5.74) is 7.18. The molecule has 0 amide bonds. The third kappa shape index (κ3) is 3.65. The second-order valence-electron chi connectivity index (χ2n) is 5.58. The van der Waals surface area contributed by atoms with E-state index in [1.165, 1.54) is 16.4 Å². The lowest BCUT2D eigenvalue weighted by Crippen LogP contribution is -2.32. The van der Waals surface area contributed by atoms with Crippen molar-refractivity contribution in [2.24, 2.45) is 5.73 Å². The highest BCUT2D eigenvalue weighted by atomic mass is 79.9.